The molecular weight excluding hydrogens is 306 g/mol. The van der Waals surface area contributed by atoms with Gasteiger partial charge in [-0.05, 0) is 18.6 Å². The molecule has 0 aromatic heterocycles. The summed E-state index contributed by atoms with van der Waals surface area (Å²) in [7, 11) is -3.33. The van der Waals surface area contributed by atoms with Crippen molar-refractivity contribution < 1.29 is 13.5 Å². The summed E-state index contributed by atoms with van der Waals surface area (Å²) in [6, 6.07) is 7.24. The SMILES string of the molecule is CC1(O)CN(S(=O)(=O)Cc2ccccc2Br)C1. The van der Waals surface area contributed by atoms with Crippen LogP contribution in [0.15, 0.2) is 28.7 Å². The van der Waals surface area contributed by atoms with E-state index < -0.39 is 15.6 Å². The zero-order valence-electron chi connectivity index (χ0n) is 9.43. The van der Waals surface area contributed by atoms with Crippen LogP contribution in [0.5, 0.6) is 0 Å². The Labute approximate surface area is 109 Å². The highest BCUT2D eigenvalue weighted by Crippen LogP contribution is 2.27. The molecule has 0 bridgehead atoms. The molecule has 4 nitrogen and oxygen atoms in total. The highest BCUT2D eigenvalue weighted by molar-refractivity contribution is 9.10. The lowest BCUT2D eigenvalue weighted by Crippen LogP contribution is -2.61. The van der Waals surface area contributed by atoms with Gasteiger partial charge in [0.25, 0.3) is 0 Å². The van der Waals surface area contributed by atoms with Gasteiger partial charge in [0.05, 0.1) is 11.4 Å². The number of hydrogen-bond donors (Lipinski definition) is 1. The minimum absolute atomic E-state index is 0.0372. The Balaban J connectivity index is 2.12. The van der Waals surface area contributed by atoms with E-state index in [1.807, 2.05) is 18.2 Å². The third-order valence-electron chi connectivity index (χ3n) is 2.72. The maximum absolute atomic E-state index is 12.0. The lowest BCUT2D eigenvalue weighted by Gasteiger charge is -2.42. The standard InChI is InChI=1S/C11H14BrNO3S/c1-11(14)7-13(8-11)17(15,16)6-9-4-2-3-5-10(9)12/h2-5,14H,6-8H2,1H3. The van der Waals surface area contributed by atoms with Crippen LogP contribution >= 0.6 is 15.9 Å². The van der Waals surface area contributed by atoms with E-state index in [0.717, 1.165) is 10.0 Å². The molecule has 17 heavy (non-hydrogen) atoms. The van der Waals surface area contributed by atoms with Crippen LogP contribution in [0.25, 0.3) is 0 Å². The van der Waals surface area contributed by atoms with Crippen molar-refractivity contribution in [3.8, 4) is 0 Å². The number of hydrogen-bond acceptors (Lipinski definition) is 3. The Kier molecular flexibility index (Phi) is 3.33. The monoisotopic (exact) mass is 319 g/mol. The summed E-state index contributed by atoms with van der Waals surface area (Å²) in [5, 5.41) is 9.55. The van der Waals surface area contributed by atoms with Gasteiger partial charge in [0.1, 0.15) is 0 Å². The quantitative estimate of drug-likeness (QED) is 0.914. The molecule has 1 aliphatic rings. The molecule has 1 saturated heterocycles. The Morgan fingerprint density at radius 1 is 1.41 bits per heavy atom. The molecule has 0 radical (unpaired) electrons. The van der Waals surface area contributed by atoms with Crippen molar-refractivity contribution in [1.29, 1.82) is 0 Å². The van der Waals surface area contributed by atoms with Crippen LogP contribution in [0.3, 0.4) is 0 Å². The van der Waals surface area contributed by atoms with E-state index in [9.17, 15) is 13.5 Å². The van der Waals surface area contributed by atoms with Gasteiger partial charge in [-0.3, -0.25) is 0 Å². The minimum Gasteiger partial charge on any atom is -0.387 e. The second-order valence-electron chi connectivity index (χ2n) is 4.61. The molecule has 0 saturated carbocycles. The number of rotatable bonds is 3. The molecule has 1 heterocycles. The van der Waals surface area contributed by atoms with Crippen molar-refractivity contribution in [3.63, 3.8) is 0 Å². The average Bonchev–Trinajstić information content (AvgIpc) is 2.18. The Morgan fingerprint density at radius 2 is 2.00 bits per heavy atom. The second kappa shape index (κ2) is 4.35. The van der Waals surface area contributed by atoms with Crippen molar-refractivity contribution in [2.24, 2.45) is 0 Å². The molecule has 6 heteroatoms. The van der Waals surface area contributed by atoms with Gasteiger partial charge in [-0.2, -0.15) is 4.31 Å². The van der Waals surface area contributed by atoms with Gasteiger partial charge in [0.2, 0.25) is 10.0 Å². The molecule has 0 spiro atoms. The van der Waals surface area contributed by atoms with E-state index in [-0.39, 0.29) is 18.8 Å². The first-order chi connectivity index (χ1) is 7.80. The maximum Gasteiger partial charge on any atom is 0.218 e. The number of aliphatic hydroxyl groups is 1. The summed E-state index contributed by atoms with van der Waals surface area (Å²) in [5.41, 5.74) is -0.139. The smallest absolute Gasteiger partial charge is 0.218 e. The van der Waals surface area contributed by atoms with E-state index in [2.05, 4.69) is 15.9 Å². The molecule has 1 fully saturated rings. The van der Waals surface area contributed by atoms with E-state index in [4.69, 9.17) is 0 Å². The van der Waals surface area contributed by atoms with Crippen LogP contribution in [0.2, 0.25) is 0 Å². The van der Waals surface area contributed by atoms with Crippen molar-refractivity contribution in [2.75, 3.05) is 13.1 Å². The molecule has 1 aliphatic heterocycles. The van der Waals surface area contributed by atoms with Crippen molar-refractivity contribution in [3.05, 3.63) is 34.3 Å². The number of halogens is 1. The van der Waals surface area contributed by atoms with Crippen molar-refractivity contribution >= 4 is 26.0 Å². The fourth-order valence-electron chi connectivity index (χ4n) is 1.81. The molecule has 0 unspecified atom stereocenters. The molecule has 1 aromatic rings. The number of β-amino-alcohol motifs (C(OH)–C–C–N with tert-alkyl or cyclic N) is 1. The number of nitrogens with zero attached hydrogens (tertiary/aromatic N) is 1. The van der Waals surface area contributed by atoms with Gasteiger partial charge < -0.3 is 5.11 Å². The molecule has 94 valence electrons. The Morgan fingerprint density at radius 3 is 2.53 bits per heavy atom. The van der Waals surface area contributed by atoms with Crippen LogP contribution in [0.4, 0.5) is 0 Å². The van der Waals surface area contributed by atoms with Gasteiger partial charge in [0, 0.05) is 17.6 Å². The first kappa shape index (κ1) is 13.0. The summed E-state index contributed by atoms with van der Waals surface area (Å²) in [6.07, 6.45) is 0. The maximum atomic E-state index is 12.0. The van der Waals surface area contributed by atoms with Crippen LogP contribution in [-0.2, 0) is 15.8 Å². The normalized spacial score (nSPS) is 19.9. The fourth-order valence-corrected chi connectivity index (χ4v) is 4.20. The average molecular weight is 320 g/mol. The first-order valence-corrected chi connectivity index (χ1v) is 7.64. The second-order valence-corrected chi connectivity index (χ2v) is 7.44. The zero-order chi connectivity index (χ0) is 12.7. The Hall–Kier alpha value is -0.430. The minimum atomic E-state index is -3.33. The predicted octanol–water partition coefficient (Wildman–Crippen LogP) is 1.35. The topological polar surface area (TPSA) is 57.6 Å². The first-order valence-electron chi connectivity index (χ1n) is 5.24. The van der Waals surface area contributed by atoms with Crippen LogP contribution in [0, 0.1) is 0 Å². The molecule has 1 N–H and O–H groups in total. The van der Waals surface area contributed by atoms with E-state index in [1.165, 1.54) is 4.31 Å². The van der Waals surface area contributed by atoms with Crippen LogP contribution in [0.1, 0.15) is 12.5 Å². The molecule has 0 aliphatic carbocycles. The lowest BCUT2D eigenvalue weighted by atomic mass is 10.0. The Bertz CT molecular complexity index is 519. The zero-order valence-corrected chi connectivity index (χ0v) is 11.8. The number of benzene rings is 1. The van der Waals surface area contributed by atoms with Crippen LogP contribution < -0.4 is 0 Å². The van der Waals surface area contributed by atoms with Gasteiger partial charge >= 0.3 is 0 Å². The summed E-state index contributed by atoms with van der Waals surface area (Å²) < 4.78 is 26.1. The van der Waals surface area contributed by atoms with E-state index in [1.54, 1.807) is 13.0 Å². The van der Waals surface area contributed by atoms with Crippen molar-refractivity contribution in [2.45, 2.75) is 18.3 Å². The molecular formula is C11H14BrNO3S. The molecule has 2 rings (SSSR count). The molecule has 0 amide bonds. The van der Waals surface area contributed by atoms with E-state index >= 15 is 0 Å². The third kappa shape index (κ3) is 2.88. The summed E-state index contributed by atoms with van der Waals surface area (Å²) >= 11 is 3.33. The number of sulfonamides is 1. The predicted molar refractivity (Wildman–Crippen MR) is 69.0 cm³/mol. The van der Waals surface area contributed by atoms with Crippen LogP contribution in [-0.4, -0.2) is 36.5 Å². The fraction of sp³-hybridized carbons (Fsp3) is 0.455. The third-order valence-corrected chi connectivity index (χ3v) is 5.22. The highest BCUT2D eigenvalue weighted by atomic mass is 79.9. The molecule has 1 aromatic carbocycles. The van der Waals surface area contributed by atoms with Gasteiger partial charge in [-0.1, -0.05) is 34.1 Å². The largest absolute Gasteiger partial charge is 0.387 e. The van der Waals surface area contributed by atoms with E-state index in [0.29, 0.717) is 0 Å². The summed E-state index contributed by atoms with van der Waals surface area (Å²) in [4.78, 5) is 0. The molecule has 0 atom stereocenters. The summed E-state index contributed by atoms with van der Waals surface area (Å²) in [6.45, 7) is 2.00. The van der Waals surface area contributed by atoms with Gasteiger partial charge in [0.15, 0.2) is 0 Å². The lowest BCUT2D eigenvalue weighted by molar-refractivity contribution is -0.0427. The highest BCUT2D eigenvalue weighted by Gasteiger charge is 2.43. The summed E-state index contributed by atoms with van der Waals surface area (Å²) in [5.74, 6) is -0.0372. The van der Waals surface area contributed by atoms with Gasteiger partial charge in [-0.15, -0.1) is 0 Å². The van der Waals surface area contributed by atoms with Crippen molar-refractivity contribution in [1.82, 2.24) is 4.31 Å². The van der Waals surface area contributed by atoms with Gasteiger partial charge in [-0.25, -0.2) is 8.42 Å².